The fourth-order valence-corrected chi connectivity index (χ4v) is 3.79. The molecule has 0 unspecified atom stereocenters. The van der Waals surface area contributed by atoms with Crippen LogP contribution in [0.1, 0.15) is 57.9 Å². The first-order chi connectivity index (χ1) is 11.2. The van der Waals surface area contributed by atoms with E-state index in [1.807, 2.05) is 23.1 Å². The zero-order valence-corrected chi connectivity index (χ0v) is 14.3. The van der Waals surface area contributed by atoms with Gasteiger partial charge in [0.15, 0.2) is 0 Å². The number of carbonyl (C=O) groups is 1. The molecule has 1 aromatic rings. The van der Waals surface area contributed by atoms with E-state index in [1.165, 1.54) is 0 Å². The summed E-state index contributed by atoms with van der Waals surface area (Å²) >= 11 is 0. The highest BCUT2D eigenvalue weighted by molar-refractivity contribution is 5.77. The van der Waals surface area contributed by atoms with Gasteiger partial charge in [0.25, 0.3) is 0 Å². The molecule has 1 aliphatic heterocycles. The number of rotatable bonds is 4. The minimum Gasteiger partial charge on any atom is -0.412 e. The molecule has 0 N–H and O–H groups in total. The van der Waals surface area contributed by atoms with E-state index in [9.17, 15) is 4.79 Å². The van der Waals surface area contributed by atoms with Crippen molar-refractivity contribution in [2.24, 2.45) is 5.92 Å². The molecule has 1 aromatic carbocycles. The van der Waals surface area contributed by atoms with Gasteiger partial charge < -0.3 is 4.74 Å². The molecule has 0 atom stereocenters. The summed E-state index contributed by atoms with van der Waals surface area (Å²) in [4.78, 5) is 14.5. The van der Waals surface area contributed by atoms with Crippen molar-refractivity contribution in [3.8, 4) is 0 Å². The van der Waals surface area contributed by atoms with Gasteiger partial charge in [-0.05, 0) is 49.7 Å². The van der Waals surface area contributed by atoms with Crippen LogP contribution in [0.4, 0.5) is 4.79 Å². The van der Waals surface area contributed by atoms with Gasteiger partial charge in [0, 0.05) is 6.54 Å². The Bertz CT molecular complexity index is 571. The SMILES string of the molecule is CCCCN1C(=O)O/C(=C\c2ccccc2)C12CCC(C)CC2. The lowest BCUT2D eigenvalue weighted by atomic mass is 9.75. The second kappa shape index (κ2) is 6.77. The number of hydrogen-bond donors (Lipinski definition) is 0. The second-order valence-corrected chi connectivity index (χ2v) is 7.01. The lowest BCUT2D eigenvalue weighted by molar-refractivity contribution is 0.116. The van der Waals surface area contributed by atoms with Crippen molar-refractivity contribution in [3.63, 3.8) is 0 Å². The van der Waals surface area contributed by atoms with Crippen LogP contribution in [0.3, 0.4) is 0 Å². The summed E-state index contributed by atoms with van der Waals surface area (Å²) in [5, 5.41) is 0. The average molecular weight is 313 g/mol. The van der Waals surface area contributed by atoms with Crippen molar-refractivity contribution in [3.05, 3.63) is 41.7 Å². The third kappa shape index (κ3) is 3.15. The molecule has 1 aliphatic carbocycles. The van der Waals surface area contributed by atoms with Crippen LogP contribution in [0, 0.1) is 5.92 Å². The number of carbonyl (C=O) groups excluding carboxylic acids is 1. The summed E-state index contributed by atoms with van der Waals surface area (Å²) in [6, 6.07) is 10.2. The number of amides is 1. The van der Waals surface area contributed by atoms with Crippen LogP contribution >= 0.6 is 0 Å². The number of cyclic esters (lactones) is 1. The molecule has 1 saturated heterocycles. The van der Waals surface area contributed by atoms with Crippen LogP contribution < -0.4 is 0 Å². The van der Waals surface area contributed by atoms with Crippen LogP contribution in [-0.2, 0) is 4.74 Å². The van der Waals surface area contributed by atoms with E-state index in [2.05, 4.69) is 32.1 Å². The maximum Gasteiger partial charge on any atom is 0.415 e. The Balaban J connectivity index is 1.94. The monoisotopic (exact) mass is 313 g/mol. The maximum absolute atomic E-state index is 12.5. The molecule has 23 heavy (non-hydrogen) atoms. The predicted octanol–water partition coefficient (Wildman–Crippen LogP) is 5.23. The van der Waals surface area contributed by atoms with E-state index in [0.29, 0.717) is 0 Å². The van der Waals surface area contributed by atoms with Crippen molar-refractivity contribution >= 4 is 12.2 Å². The van der Waals surface area contributed by atoms with Gasteiger partial charge in [-0.25, -0.2) is 4.79 Å². The van der Waals surface area contributed by atoms with Gasteiger partial charge in [0.05, 0.1) is 0 Å². The Morgan fingerprint density at radius 1 is 1.26 bits per heavy atom. The van der Waals surface area contributed by atoms with Crippen LogP contribution in [0.5, 0.6) is 0 Å². The van der Waals surface area contributed by atoms with Gasteiger partial charge in [0.1, 0.15) is 11.3 Å². The van der Waals surface area contributed by atoms with Crippen molar-refractivity contribution in [1.29, 1.82) is 0 Å². The molecule has 124 valence electrons. The lowest BCUT2D eigenvalue weighted by Gasteiger charge is -2.41. The molecule has 2 fully saturated rings. The summed E-state index contributed by atoms with van der Waals surface area (Å²) in [5.74, 6) is 1.60. The van der Waals surface area contributed by atoms with E-state index in [4.69, 9.17) is 4.74 Å². The minimum atomic E-state index is -0.214. The number of hydrogen-bond acceptors (Lipinski definition) is 2. The maximum atomic E-state index is 12.5. The second-order valence-electron chi connectivity index (χ2n) is 7.01. The molecule has 1 saturated carbocycles. The Labute approximate surface area is 139 Å². The van der Waals surface area contributed by atoms with E-state index in [0.717, 1.165) is 62.3 Å². The molecule has 3 nitrogen and oxygen atoms in total. The van der Waals surface area contributed by atoms with Crippen molar-refractivity contribution in [1.82, 2.24) is 4.90 Å². The minimum absolute atomic E-state index is 0.157. The lowest BCUT2D eigenvalue weighted by Crippen LogP contribution is -2.48. The highest BCUT2D eigenvalue weighted by Crippen LogP contribution is 2.46. The first kappa shape index (κ1) is 16.1. The molecule has 1 heterocycles. The Kier molecular flexibility index (Phi) is 4.74. The first-order valence-electron chi connectivity index (χ1n) is 8.92. The zero-order valence-electron chi connectivity index (χ0n) is 14.3. The molecule has 3 heteroatoms. The largest absolute Gasteiger partial charge is 0.415 e. The highest BCUT2D eigenvalue weighted by atomic mass is 16.6. The molecule has 3 rings (SSSR count). The van der Waals surface area contributed by atoms with Gasteiger partial charge in [-0.1, -0.05) is 50.6 Å². The Morgan fingerprint density at radius 2 is 1.96 bits per heavy atom. The van der Waals surface area contributed by atoms with Crippen LogP contribution in [0.25, 0.3) is 6.08 Å². The molecular formula is C20H27NO2. The fourth-order valence-electron chi connectivity index (χ4n) is 3.79. The third-order valence-corrected chi connectivity index (χ3v) is 5.33. The number of benzene rings is 1. The Hall–Kier alpha value is -1.77. The molecular weight excluding hydrogens is 286 g/mol. The predicted molar refractivity (Wildman–Crippen MR) is 92.9 cm³/mol. The summed E-state index contributed by atoms with van der Waals surface area (Å²) in [5.41, 5.74) is 0.889. The van der Waals surface area contributed by atoms with Crippen molar-refractivity contribution < 1.29 is 9.53 Å². The summed E-state index contributed by atoms with van der Waals surface area (Å²) in [7, 11) is 0. The highest BCUT2D eigenvalue weighted by Gasteiger charge is 2.52. The molecule has 0 aromatic heterocycles. The summed E-state index contributed by atoms with van der Waals surface area (Å²) in [6.07, 6.45) is 8.38. The van der Waals surface area contributed by atoms with Gasteiger partial charge in [0.2, 0.25) is 0 Å². The van der Waals surface area contributed by atoms with Gasteiger partial charge in [-0.2, -0.15) is 0 Å². The van der Waals surface area contributed by atoms with E-state index in [-0.39, 0.29) is 11.6 Å². The van der Waals surface area contributed by atoms with Gasteiger partial charge in [-0.15, -0.1) is 0 Å². The van der Waals surface area contributed by atoms with Gasteiger partial charge >= 0.3 is 6.09 Å². The van der Waals surface area contributed by atoms with Crippen molar-refractivity contribution in [2.45, 2.75) is 57.9 Å². The van der Waals surface area contributed by atoms with Crippen LogP contribution in [-0.4, -0.2) is 23.1 Å². The van der Waals surface area contributed by atoms with Crippen LogP contribution in [0.15, 0.2) is 36.1 Å². The standard InChI is InChI=1S/C20H27NO2/c1-3-4-14-21-19(22)23-18(15-17-8-6-5-7-9-17)20(21)12-10-16(2)11-13-20/h5-9,15-16H,3-4,10-14H2,1-2H3/b18-15-. The quantitative estimate of drug-likeness (QED) is 0.762. The van der Waals surface area contributed by atoms with E-state index in [1.54, 1.807) is 0 Å². The molecule has 1 spiro atoms. The first-order valence-corrected chi connectivity index (χ1v) is 8.92. The summed E-state index contributed by atoms with van der Waals surface area (Å²) in [6.45, 7) is 5.27. The number of ether oxygens (including phenoxy) is 1. The zero-order chi connectivity index (χ0) is 16.3. The fraction of sp³-hybridized carbons (Fsp3) is 0.550. The molecule has 1 amide bonds. The molecule has 2 aliphatic rings. The number of unbranched alkanes of at least 4 members (excludes halogenated alkanes) is 1. The smallest absolute Gasteiger partial charge is 0.412 e. The number of nitrogens with zero attached hydrogens (tertiary/aromatic N) is 1. The van der Waals surface area contributed by atoms with Gasteiger partial charge in [-0.3, -0.25) is 4.90 Å². The molecule has 0 radical (unpaired) electrons. The van der Waals surface area contributed by atoms with Crippen molar-refractivity contribution in [2.75, 3.05) is 6.54 Å². The van der Waals surface area contributed by atoms with E-state index >= 15 is 0 Å². The van der Waals surface area contributed by atoms with Crippen LogP contribution in [0.2, 0.25) is 0 Å². The normalized spacial score (nSPS) is 29.3. The Morgan fingerprint density at radius 3 is 2.61 bits per heavy atom. The van der Waals surface area contributed by atoms with E-state index < -0.39 is 0 Å². The molecule has 0 bridgehead atoms. The average Bonchev–Trinajstić information content (AvgIpc) is 2.81. The topological polar surface area (TPSA) is 29.5 Å². The summed E-state index contributed by atoms with van der Waals surface area (Å²) < 4.78 is 5.75. The third-order valence-electron chi connectivity index (χ3n) is 5.33.